The normalized spacial score (nSPS) is 21.8. The molecule has 0 aromatic heterocycles. The van der Waals surface area contributed by atoms with Crippen LogP contribution in [0.25, 0.3) is 0 Å². The van der Waals surface area contributed by atoms with Crippen LogP contribution in [0.2, 0.25) is 0 Å². The van der Waals surface area contributed by atoms with E-state index in [-0.39, 0.29) is 5.91 Å². The third-order valence-electron chi connectivity index (χ3n) is 4.02. The van der Waals surface area contributed by atoms with Crippen molar-refractivity contribution in [3.63, 3.8) is 0 Å². The summed E-state index contributed by atoms with van der Waals surface area (Å²) in [6, 6.07) is 8.65. The molecular formula is C17H26N2O2. The van der Waals surface area contributed by atoms with Crippen LogP contribution in [0.15, 0.2) is 24.3 Å². The molecule has 0 aliphatic heterocycles. The fourth-order valence-corrected chi connectivity index (χ4v) is 2.89. The third-order valence-corrected chi connectivity index (χ3v) is 4.02. The molecular weight excluding hydrogens is 264 g/mol. The molecule has 1 amide bonds. The van der Waals surface area contributed by atoms with E-state index >= 15 is 0 Å². The van der Waals surface area contributed by atoms with Crippen molar-refractivity contribution >= 4 is 11.6 Å². The highest BCUT2D eigenvalue weighted by molar-refractivity contribution is 5.78. The number of hydrogen-bond acceptors (Lipinski definition) is 3. The first-order valence-corrected chi connectivity index (χ1v) is 7.86. The summed E-state index contributed by atoms with van der Waals surface area (Å²) in [4.78, 5) is 11.5. The summed E-state index contributed by atoms with van der Waals surface area (Å²) in [5, 5.41) is 6.39. The van der Waals surface area contributed by atoms with Gasteiger partial charge in [-0.2, -0.15) is 0 Å². The van der Waals surface area contributed by atoms with E-state index in [2.05, 4.69) is 22.8 Å². The van der Waals surface area contributed by atoms with Crippen LogP contribution in [-0.4, -0.2) is 31.7 Å². The van der Waals surface area contributed by atoms with Crippen molar-refractivity contribution < 1.29 is 9.53 Å². The lowest BCUT2D eigenvalue weighted by atomic mass is 9.92. The number of anilines is 1. The number of nitrogens with one attached hydrogen (secondary N) is 2. The smallest absolute Gasteiger partial charge is 0.224 e. The van der Waals surface area contributed by atoms with Gasteiger partial charge in [-0.1, -0.05) is 12.1 Å². The number of rotatable bonds is 6. The highest BCUT2D eigenvalue weighted by Crippen LogP contribution is 2.24. The van der Waals surface area contributed by atoms with Crippen LogP contribution >= 0.6 is 0 Å². The second kappa shape index (κ2) is 8.03. The molecule has 2 rings (SSSR count). The second-order valence-electron chi connectivity index (χ2n) is 5.69. The van der Waals surface area contributed by atoms with Gasteiger partial charge in [0.1, 0.15) is 0 Å². The van der Waals surface area contributed by atoms with E-state index in [1.165, 1.54) is 19.3 Å². The van der Waals surface area contributed by atoms with Crippen LogP contribution in [0.1, 0.15) is 38.2 Å². The minimum atomic E-state index is 0.0772. The maximum Gasteiger partial charge on any atom is 0.224 e. The van der Waals surface area contributed by atoms with Gasteiger partial charge in [0.05, 0.1) is 12.5 Å². The number of methoxy groups -OCH3 is 1. The van der Waals surface area contributed by atoms with E-state index in [0.717, 1.165) is 17.7 Å². The van der Waals surface area contributed by atoms with Gasteiger partial charge in [0.25, 0.3) is 0 Å². The molecule has 0 saturated heterocycles. The summed E-state index contributed by atoms with van der Waals surface area (Å²) in [6.07, 6.45) is 5.47. The Labute approximate surface area is 127 Å². The molecule has 0 heterocycles. The van der Waals surface area contributed by atoms with Crippen molar-refractivity contribution in [2.45, 2.75) is 51.2 Å². The lowest BCUT2D eigenvalue weighted by Crippen LogP contribution is -2.31. The molecule has 4 heteroatoms. The Balaban J connectivity index is 1.85. The van der Waals surface area contributed by atoms with Crippen LogP contribution in [-0.2, 0) is 16.0 Å². The molecule has 0 radical (unpaired) electrons. The van der Waals surface area contributed by atoms with Gasteiger partial charge in [0.15, 0.2) is 0 Å². The van der Waals surface area contributed by atoms with Crippen molar-refractivity contribution in [1.29, 1.82) is 0 Å². The van der Waals surface area contributed by atoms with Gasteiger partial charge in [-0.3, -0.25) is 4.79 Å². The van der Waals surface area contributed by atoms with Crippen LogP contribution in [0.5, 0.6) is 0 Å². The SMILES string of the molecule is CCNC(=O)Cc1ccc(NC2CCCC(OC)C2)cc1. The monoisotopic (exact) mass is 290 g/mol. The molecule has 4 nitrogen and oxygen atoms in total. The minimum Gasteiger partial charge on any atom is -0.382 e. The lowest BCUT2D eigenvalue weighted by molar-refractivity contribution is -0.120. The molecule has 116 valence electrons. The first-order valence-electron chi connectivity index (χ1n) is 7.86. The molecule has 1 aromatic carbocycles. The summed E-state index contributed by atoms with van der Waals surface area (Å²) in [5.74, 6) is 0.0772. The van der Waals surface area contributed by atoms with Crippen LogP contribution in [0.3, 0.4) is 0 Å². The third kappa shape index (κ3) is 5.05. The summed E-state index contributed by atoms with van der Waals surface area (Å²) in [5.41, 5.74) is 2.17. The Hall–Kier alpha value is -1.55. The average molecular weight is 290 g/mol. The number of carbonyl (C=O) groups excluding carboxylic acids is 1. The van der Waals surface area contributed by atoms with E-state index in [4.69, 9.17) is 4.74 Å². The second-order valence-corrected chi connectivity index (χ2v) is 5.69. The van der Waals surface area contributed by atoms with E-state index in [9.17, 15) is 4.79 Å². The largest absolute Gasteiger partial charge is 0.382 e. The van der Waals surface area contributed by atoms with Crippen LogP contribution in [0, 0.1) is 0 Å². The van der Waals surface area contributed by atoms with Gasteiger partial charge in [-0.25, -0.2) is 0 Å². The van der Waals surface area contributed by atoms with Gasteiger partial charge in [0.2, 0.25) is 5.91 Å². The highest BCUT2D eigenvalue weighted by Gasteiger charge is 2.21. The lowest BCUT2D eigenvalue weighted by Gasteiger charge is -2.29. The van der Waals surface area contributed by atoms with Crippen LogP contribution < -0.4 is 10.6 Å². The summed E-state index contributed by atoms with van der Waals surface area (Å²) >= 11 is 0. The van der Waals surface area contributed by atoms with E-state index in [1.54, 1.807) is 7.11 Å². The van der Waals surface area contributed by atoms with Gasteiger partial charge in [-0.15, -0.1) is 0 Å². The van der Waals surface area contributed by atoms with E-state index in [1.807, 2.05) is 19.1 Å². The maximum atomic E-state index is 11.5. The summed E-state index contributed by atoms with van der Waals surface area (Å²) in [7, 11) is 1.79. The summed E-state index contributed by atoms with van der Waals surface area (Å²) in [6.45, 7) is 2.61. The molecule has 0 bridgehead atoms. The van der Waals surface area contributed by atoms with E-state index in [0.29, 0.717) is 25.1 Å². The molecule has 2 atom stereocenters. The standard InChI is InChI=1S/C17H26N2O2/c1-3-18-17(20)11-13-7-9-14(10-8-13)19-15-5-4-6-16(12-15)21-2/h7-10,15-16,19H,3-6,11-12H2,1-2H3,(H,18,20). The zero-order valence-electron chi connectivity index (χ0n) is 13.0. The number of carbonyl (C=O) groups is 1. The number of amides is 1. The zero-order chi connectivity index (χ0) is 15.1. The summed E-state index contributed by atoms with van der Waals surface area (Å²) < 4.78 is 5.46. The van der Waals surface area contributed by atoms with E-state index < -0.39 is 0 Å². The van der Waals surface area contributed by atoms with Gasteiger partial charge >= 0.3 is 0 Å². The predicted octanol–water partition coefficient (Wildman–Crippen LogP) is 2.73. The Morgan fingerprint density at radius 3 is 2.71 bits per heavy atom. The quantitative estimate of drug-likeness (QED) is 0.847. The number of hydrogen-bond donors (Lipinski definition) is 2. The Kier molecular flexibility index (Phi) is 6.05. The first-order chi connectivity index (χ1) is 10.2. The number of likely N-dealkylation sites (N-methyl/N-ethyl adjacent to an activating group) is 1. The predicted molar refractivity (Wildman–Crippen MR) is 85.5 cm³/mol. The van der Waals surface area contributed by atoms with Crippen molar-refractivity contribution in [3.8, 4) is 0 Å². The molecule has 1 saturated carbocycles. The van der Waals surface area contributed by atoms with Gasteiger partial charge in [0, 0.05) is 25.4 Å². The Bertz CT molecular complexity index is 445. The number of ether oxygens (including phenoxy) is 1. The molecule has 1 aliphatic carbocycles. The molecule has 2 N–H and O–H groups in total. The van der Waals surface area contributed by atoms with Crippen molar-refractivity contribution in [1.82, 2.24) is 5.32 Å². The molecule has 1 aromatic rings. The molecule has 1 aliphatic rings. The van der Waals surface area contributed by atoms with Crippen molar-refractivity contribution in [2.24, 2.45) is 0 Å². The molecule has 2 unspecified atom stereocenters. The molecule has 0 spiro atoms. The Morgan fingerprint density at radius 1 is 1.29 bits per heavy atom. The maximum absolute atomic E-state index is 11.5. The van der Waals surface area contributed by atoms with Gasteiger partial charge in [-0.05, 0) is 50.3 Å². The fourth-order valence-electron chi connectivity index (χ4n) is 2.89. The fraction of sp³-hybridized carbons (Fsp3) is 0.588. The highest BCUT2D eigenvalue weighted by atomic mass is 16.5. The van der Waals surface area contributed by atoms with Crippen molar-refractivity contribution in [2.75, 3.05) is 19.0 Å². The zero-order valence-corrected chi connectivity index (χ0v) is 13.0. The molecule has 1 fully saturated rings. The molecule has 21 heavy (non-hydrogen) atoms. The average Bonchev–Trinajstić information content (AvgIpc) is 2.50. The first kappa shape index (κ1) is 15.8. The Morgan fingerprint density at radius 2 is 2.05 bits per heavy atom. The van der Waals surface area contributed by atoms with Gasteiger partial charge < -0.3 is 15.4 Å². The van der Waals surface area contributed by atoms with Crippen molar-refractivity contribution in [3.05, 3.63) is 29.8 Å². The topological polar surface area (TPSA) is 50.4 Å². The number of benzene rings is 1. The van der Waals surface area contributed by atoms with Crippen LogP contribution in [0.4, 0.5) is 5.69 Å². The minimum absolute atomic E-state index is 0.0772.